The monoisotopic (exact) mass is 329 g/mol. The van der Waals surface area contributed by atoms with E-state index < -0.39 is 11.6 Å². The van der Waals surface area contributed by atoms with Crippen LogP contribution in [0, 0.1) is 11.6 Å². The summed E-state index contributed by atoms with van der Waals surface area (Å²) in [6, 6.07) is 2.45. The second kappa shape index (κ2) is 5.48. The molecule has 1 heterocycles. The molecule has 0 aliphatic rings. The Morgan fingerprint density at radius 3 is 2.63 bits per heavy atom. The van der Waals surface area contributed by atoms with Gasteiger partial charge in [-0.15, -0.1) is 0 Å². The SMILES string of the molecule is CNc1ncnc(-c2c(F)ccc(Br)c2F)c1OC. The molecule has 1 aromatic carbocycles. The fourth-order valence-corrected chi connectivity index (χ4v) is 2.00. The number of nitrogens with zero attached hydrogens (tertiary/aromatic N) is 2. The molecule has 0 aliphatic heterocycles. The van der Waals surface area contributed by atoms with Gasteiger partial charge in [-0.25, -0.2) is 18.7 Å². The number of halogens is 3. The van der Waals surface area contributed by atoms with Crippen LogP contribution < -0.4 is 10.1 Å². The molecule has 0 saturated heterocycles. The van der Waals surface area contributed by atoms with Crippen LogP contribution >= 0.6 is 15.9 Å². The maximum Gasteiger partial charge on any atom is 0.187 e. The number of hydrogen-bond acceptors (Lipinski definition) is 4. The summed E-state index contributed by atoms with van der Waals surface area (Å²) < 4.78 is 33.2. The van der Waals surface area contributed by atoms with Gasteiger partial charge in [-0.3, -0.25) is 0 Å². The summed E-state index contributed by atoms with van der Waals surface area (Å²) in [4.78, 5) is 7.85. The first-order valence-corrected chi connectivity index (χ1v) is 6.10. The lowest BCUT2D eigenvalue weighted by molar-refractivity contribution is 0.414. The van der Waals surface area contributed by atoms with Crippen molar-refractivity contribution in [1.82, 2.24) is 9.97 Å². The van der Waals surface area contributed by atoms with Crippen molar-refractivity contribution < 1.29 is 13.5 Å². The van der Waals surface area contributed by atoms with Crippen molar-refractivity contribution in [3.05, 3.63) is 34.6 Å². The Hall–Kier alpha value is -1.76. The van der Waals surface area contributed by atoms with E-state index in [1.54, 1.807) is 7.05 Å². The van der Waals surface area contributed by atoms with Gasteiger partial charge in [-0.05, 0) is 28.1 Å². The predicted octanol–water partition coefficient (Wildman–Crippen LogP) is 3.23. The van der Waals surface area contributed by atoms with E-state index in [1.807, 2.05) is 0 Å². The highest BCUT2D eigenvalue weighted by Gasteiger charge is 2.21. The van der Waals surface area contributed by atoms with E-state index in [2.05, 4.69) is 31.2 Å². The quantitative estimate of drug-likeness (QED) is 0.878. The zero-order valence-electron chi connectivity index (χ0n) is 10.2. The fourth-order valence-electron chi connectivity index (χ4n) is 1.67. The minimum Gasteiger partial charge on any atom is -0.491 e. The second-order valence-corrected chi connectivity index (χ2v) is 4.43. The highest BCUT2D eigenvalue weighted by atomic mass is 79.9. The molecule has 0 fully saturated rings. The van der Waals surface area contributed by atoms with E-state index in [-0.39, 0.29) is 21.5 Å². The van der Waals surface area contributed by atoms with Gasteiger partial charge in [0.15, 0.2) is 11.6 Å². The van der Waals surface area contributed by atoms with Crippen molar-refractivity contribution in [2.45, 2.75) is 0 Å². The fraction of sp³-hybridized carbons (Fsp3) is 0.167. The molecule has 2 aromatic rings. The van der Waals surface area contributed by atoms with Gasteiger partial charge in [-0.2, -0.15) is 0 Å². The Labute approximate surface area is 117 Å². The standard InChI is InChI=1S/C12H10BrF2N3O/c1-16-12-11(19-2)10(17-5-18-12)8-7(14)4-3-6(13)9(8)15/h3-5H,1-2H3,(H,16,17,18). The summed E-state index contributed by atoms with van der Waals surface area (Å²) in [6.07, 6.45) is 1.21. The molecule has 0 saturated carbocycles. The normalized spacial score (nSPS) is 10.4. The molecule has 4 nitrogen and oxygen atoms in total. The zero-order valence-corrected chi connectivity index (χ0v) is 11.8. The van der Waals surface area contributed by atoms with Gasteiger partial charge in [0.25, 0.3) is 0 Å². The molecule has 0 spiro atoms. The summed E-state index contributed by atoms with van der Waals surface area (Å²) in [5, 5.41) is 2.78. The average molecular weight is 330 g/mol. The summed E-state index contributed by atoms with van der Waals surface area (Å²) in [5.41, 5.74) is -0.205. The number of methoxy groups -OCH3 is 1. The Morgan fingerprint density at radius 2 is 2.00 bits per heavy atom. The molecule has 19 heavy (non-hydrogen) atoms. The van der Waals surface area contributed by atoms with Crippen molar-refractivity contribution in [1.29, 1.82) is 0 Å². The van der Waals surface area contributed by atoms with Crippen LogP contribution in [0.15, 0.2) is 22.9 Å². The Kier molecular flexibility index (Phi) is 3.94. The molecular formula is C12H10BrF2N3O. The molecule has 1 N–H and O–H groups in total. The van der Waals surface area contributed by atoms with Gasteiger partial charge in [0.05, 0.1) is 17.1 Å². The number of nitrogens with one attached hydrogen (secondary N) is 1. The van der Waals surface area contributed by atoms with Gasteiger partial charge < -0.3 is 10.1 Å². The molecule has 0 radical (unpaired) electrons. The van der Waals surface area contributed by atoms with E-state index in [1.165, 1.54) is 19.5 Å². The molecule has 7 heteroatoms. The molecule has 0 aliphatic carbocycles. The van der Waals surface area contributed by atoms with Crippen LogP contribution in [0.5, 0.6) is 5.75 Å². The first kappa shape index (κ1) is 13.7. The lowest BCUT2D eigenvalue weighted by atomic mass is 10.1. The molecule has 2 rings (SSSR count). The molecule has 0 atom stereocenters. The largest absolute Gasteiger partial charge is 0.491 e. The molecule has 100 valence electrons. The number of aromatic nitrogens is 2. The third-order valence-corrected chi connectivity index (χ3v) is 3.14. The molecule has 0 amide bonds. The number of benzene rings is 1. The van der Waals surface area contributed by atoms with Crippen LogP contribution in [0.3, 0.4) is 0 Å². The van der Waals surface area contributed by atoms with Crippen molar-refractivity contribution in [3.8, 4) is 17.0 Å². The Bertz CT molecular complexity index is 622. The van der Waals surface area contributed by atoms with Crippen molar-refractivity contribution in [2.75, 3.05) is 19.5 Å². The smallest absolute Gasteiger partial charge is 0.187 e. The van der Waals surface area contributed by atoms with Gasteiger partial charge in [0.1, 0.15) is 23.7 Å². The van der Waals surface area contributed by atoms with E-state index >= 15 is 0 Å². The first-order valence-electron chi connectivity index (χ1n) is 5.30. The van der Waals surface area contributed by atoms with E-state index in [4.69, 9.17) is 4.74 Å². The summed E-state index contributed by atoms with van der Waals surface area (Å²) in [7, 11) is 3.01. The summed E-state index contributed by atoms with van der Waals surface area (Å²) in [5.74, 6) is -0.925. The van der Waals surface area contributed by atoms with Gasteiger partial charge in [-0.1, -0.05) is 0 Å². The molecule has 0 unspecified atom stereocenters. The van der Waals surface area contributed by atoms with E-state index in [0.29, 0.717) is 5.82 Å². The topological polar surface area (TPSA) is 47.0 Å². The molecule has 0 bridgehead atoms. The summed E-state index contributed by atoms with van der Waals surface area (Å²) >= 11 is 3.02. The van der Waals surface area contributed by atoms with Gasteiger partial charge in [0.2, 0.25) is 0 Å². The molecular weight excluding hydrogens is 320 g/mol. The zero-order chi connectivity index (χ0) is 14.0. The predicted molar refractivity (Wildman–Crippen MR) is 71.2 cm³/mol. The van der Waals surface area contributed by atoms with Crippen molar-refractivity contribution in [3.63, 3.8) is 0 Å². The minimum absolute atomic E-state index is 0.0538. The van der Waals surface area contributed by atoms with Crippen LogP contribution in [-0.2, 0) is 0 Å². The summed E-state index contributed by atoms with van der Waals surface area (Å²) in [6.45, 7) is 0. The number of rotatable bonds is 3. The first-order chi connectivity index (χ1) is 9.10. The maximum atomic E-state index is 14.1. The van der Waals surface area contributed by atoms with Crippen LogP contribution in [0.1, 0.15) is 0 Å². The van der Waals surface area contributed by atoms with Crippen LogP contribution in [0.2, 0.25) is 0 Å². The lowest BCUT2D eigenvalue weighted by Gasteiger charge is -2.12. The van der Waals surface area contributed by atoms with Gasteiger partial charge >= 0.3 is 0 Å². The maximum absolute atomic E-state index is 14.1. The van der Waals surface area contributed by atoms with Crippen molar-refractivity contribution in [2.24, 2.45) is 0 Å². The van der Waals surface area contributed by atoms with Crippen LogP contribution in [-0.4, -0.2) is 24.1 Å². The molecule has 1 aromatic heterocycles. The Balaban J connectivity index is 2.76. The number of anilines is 1. The third-order valence-electron chi connectivity index (χ3n) is 2.53. The number of ether oxygens (including phenoxy) is 1. The average Bonchev–Trinajstić information content (AvgIpc) is 2.43. The Morgan fingerprint density at radius 1 is 1.26 bits per heavy atom. The highest BCUT2D eigenvalue weighted by molar-refractivity contribution is 9.10. The van der Waals surface area contributed by atoms with Crippen LogP contribution in [0.4, 0.5) is 14.6 Å². The minimum atomic E-state index is -0.737. The van der Waals surface area contributed by atoms with E-state index in [0.717, 1.165) is 6.07 Å². The van der Waals surface area contributed by atoms with Crippen molar-refractivity contribution >= 4 is 21.7 Å². The lowest BCUT2D eigenvalue weighted by Crippen LogP contribution is -2.03. The highest BCUT2D eigenvalue weighted by Crippen LogP contribution is 2.37. The van der Waals surface area contributed by atoms with E-state index in [9.17, 15) is 8.78 Å². The number of hydrogen-bond donors (Lipinski definition) is 1. The van der Waals surface area contributed by atoms with Crippen LogP contribution in [0.25, 0.3) is 11.3 Å². The van der Waals surface area contributed by atoms with Gasteiger partial charge in [0, 0.05) is 7.05 Å². The third kappa shape index (κ3) is 2.37. The second-order valence-electron chi connectivity index (χ2n) is 3.57.